The predicted octanol–water partition coefficient (Wildman–Crippen LogP) is 1.48. The van der Waals surface area contributed by atoms with Gasteiger partial charge in [0, 0.05) is 36.9 Å². The fourth-order valence-corrected chi connectivity index (χ4v) is 5.43. The lowest BCUT2D eigenvalue weighted by Crippen LogP contribution is -2.41. The van der Waals surface area contributed by atoms with Gasteiger partial charge in [-0.25, -0.2) is 8.42 Å². The Hall–Kier alpha value is -1.60. The van der Waals surface area contributed by atoms with Crippen LogP contribution < -0.4 is 4.90 Å². The van der Waals surface area contributed by atoms with E-state index in [1.54, 1.807) is 4.90 Å². The highest BCUT2D eigenvalue weighted by molar-refractivity contribution is 7.91. The lowest BCUT2D eigenvalue weighted by molar-refractivity contribution is 0.0708. The number of nitrogens with zero attached hydrogens (tertiary/aromatic N) is 2. The third kappa shape index (κ3) is 3.98. The molecular weight excluding hydrogens is 340 g/mol. The highest BCUT2D eigenvalue weighted by Crippen LogP contribution is 2.25. The lowest BCUT2D eigenvalue weighted by atomic mass is 10.1. The van der Waals surface area contributed by atoms with E-state index in [1.165, 1.54) is 0 Å². The van der Waals surface area contributed by atoms with Crippen LogP contribution in [0.3, 0.4) is 0 Å². The third-order valence-corrected chi connectivity index (χ3v) is 6.80. The second-order valence-corrected chi connectivity index (χ2v) is 8.98. The molecule has 0 saturated carbocycles. The molecule has 0 N–H and O–H groups in total. The number of ether oxygens (including phenoxy) is 1. The second kappa shape index (κ2) is 7.33. The number of rotatable bonds is 4. The minimum atomic E-state index is -3.01. The van der Waals surface area contributed by atoms with Gasteiger partial charge in [-0.15, -0.1) is 0 Å². The molecule has 1 atom stereocenters. The standard InChI is InChI=1S/C18H26N2O4S/c1-3-20(16-6-11-25(22,23)13-16)18(21)15-4-5-17(14(2)12-15)19-7-9-24-10-8-19/h4-5,12,16H,3,6-11,13H2,1-2H3. The molecule has 3 rings (SSSR count). The summed E-state index contributed by atoms with van der Waals surface area (Å²) in [6.45, 7) is 7.59. The Morgan fingerprint density at radius 1 is 1.32 bits per heavy atom. The summed E-state index contributed by atoms with van der Waals surface area (Å²) < 4.78 is 28.9. The lowest BCUT2D eigenvalue weighted by Gasteiger charge is -2.31. The molecule has 1 amide bonds. The van der Waals surface area contributed by atoms with E-state index in [2.05, 4.69) is 4.90 Å². The molecule has 0 aromatic heterocycles. The topological polar surface area (TPSA) is 66.9 Å². The molecule has 0 aliphatic carbocycles. The monoisotopic (exact) mass is 366 g/mol. The maximum Gasteiger partial charge on any atom is 0.254 e. The largest absolute Gasteiger partial charge is 0.378 e. The highest BCUT2D eigenvalue weighted by Gasteiger charge is 2.34. The van der Waals surface area contributed by atoms with Gasteiger partial charge in [0.1, 0.15) is 0 Å². The van der Waals surface area contributed by atoms with Gasteiger partial charge in [0.2, 0.25) is 0 Å². The van der Waals surface area contributed by atoms with Crippen molar-refractivity contribution in [1.29, 1.82) is 0 Å². The number of carbonyl (C=O) groups is 1. The maximum atomic E-state index is 12.9. The summed E-state index contributed by atoms with van der Waals surface area (Å²) in [5.41, 5.74) is 2.81. The molecule has 0 radical (unpaired) electrons. The second-order valence-electron chi connectivity index (χ2n) is 6.75. The van der Waals surface area contributed by atoms with Crippen LogP contribution in [0.15, 0.2) is 18.2 Å². The molecule has 6 nitrogen and oxygen atoms in total. The van der Waals surface area contributed by atoms with Gasteiger partial charge >= 0.3 is 0 Å². The van der Waals surface area contributed by atoms with Crippen molar-refractivity contribution in [3.63, 3.8) is 0 Å². The molecule has 2 heterocycles. The van der Waals surface area contributed by atoms with Crippen LogP contribution in [-0.4, -0.2) is 69.6 Å². The Morgan fingerprint density at radius 2 is 2.04 bits per heavy atom. The first-order chi connectivity index (χ1) is 11.9. The first kappa shape index (κ1) is 18.2. The van der Waals surface area contributed by atoms with Crippen LogP contribution in [0.1, 0.15) is 29.3 Å². The van der Waals surface area contributed by atoms with E-state index in [4.69, 9.17) is 4.74 Å². The fraction of sp³-hybridized carbons (Fsp3) is 0.611. The van der Waals surface area contributed by atoms with Crippen LogP contribution in [0.5, 0.6) is 0 Å². The number of aryl methyl sites for hydroxylation is 1. The smallest absolute Gasteiger partial charge is 0.254 e. The van der Waals surface area contributed by atoms with Gasteiger partial charge in [0.25, 0.3) is 5.91 Å². The molecule has 1 aromatic rings. The summed E-state index contributed by atoms with van der Waals surface area (Å²) >= 11 is 0. The molecule has 2 aliphatic rings. The van der Waals surface area contributed by atoms with E-state index in [-0.39, 0.29) is 23.5 Å². The van der Waals surface area contributed by atoms with Crippen LogP contribution in [-0.2, 0) is 14.6 Å². The average Bonchev–Trinajstić information content (AvgIpc) is 2.95. The van der Waals surface area contributed by atoms with Gasteiger partial charge in [-0.1, -0.05) is 0 Å². The highest BCUT2D eigenvalue weighted by atomic mass is 32.2. The van der Waals surface area contributed by atoms with Gasteiger partial charge in [-0.05, 0) is 44.0 Å². The minimum Gasteiger partial charge on any atom is -0.378 e. The summed E-state index contributed by atoms with van der Waals surface area (Å²) in [5.74, 6) is 0.176. The van der Waals surface area contributed by atoms with Crippen molar-refractivity contribution in [3.05, 3.63) is 29.3 Å². The SMILES string of the molecule is CCN(C(=O)c1ccc(N2CCOCC2)c(C)c1)C1CCS(=O)(=O)C1. The summed E-state index contributed by atoms with van der Waals surface area (Å²) in [5, 5.41) is 0. The summed E-state index contributed by atoms with van der Waals surface area (Å²) in [6.07, 6.45) is 0.534. The molecule has 2 aliphatic heterocycles. The zero-order valence-corrected chi connectivity index (χ0v) is 15.7. The number of amides is 1. The van der Waals surface area contributed by atoms with Crippen LogP contribution in [0.2, 0.25) is 0 Å². The molecule has 138 valence electrons. The molecule has 25 heavy (non-hydrogen) atoms. The summed E-state index contributed by atoms with van der Waals surface area (Å²) in [6, 6.07) is 5.56. The molecule has 1 unspecified atom stereocenters. The Bertz CT molecular complexity index is 741. The van der Waals surface area contributed by atoms with E-state index in [0.29, 0.717) is 18.5 Å². The van der Waals surface area contributed by atoms with Gasteiger partial charge in [0.05, 0.1) is 24.7 Å². The quantitative estimate of drug-likeness (QED) is 0.807. The average molecular weight is 366 g/mol. The molecular formula is C18H26N2O4S. The first-order valence-corrected chi connectivity index (χ1v) is 10.7. The van der Waals surface area contributed by atoms with E-state index in [9.17, 15) is 13.2 Å². The molecule has 1 aromatic carbocycles. The Balaban J connectivity index is 1.78. The predicted molar refractivity (Wildman–Crippen MR) is 98.0 cm³/mol. The number of benzene rings is 1. The fourth-order valence-electron chi connectivity index (χ4n) is 3.70. The van der Waals surface area contributed by atoms with Crippen molar-refractivity contribution in [2.24, 2.45) is 0 Å². The number of anilines is 1. The number of hydrogen-bond donors (Lipinski definition) is 0. The van der Waals surface area contributed by atoms with Crippen LogP contribution >= 0.6 is 0 Å². The van der Waals surface area contributed by atoms with Crippen LogP contribution in [0.4, 0.5) is 5.69 Å². The van der Waals surface area contributed by atoms with Crippen molar-refractivity contribution >= 4 is 21.4 Å². The van der Waals surface area contributed by atoms with Crippen molar-refractivity contribution in [1.82, 2.24) is 4.90 Å². The number of sulfone groups is 1. The van der Waals surface area contributed by atoms with E-state index >= 15 is 0 Å². The Kier molecular flexibility index (Phi) is 5.34. The number of carbonyl (C=O) groups excluding carboxylic acids is 1. The normalized spacial score (nSPS) is 22.8. The molecule has 0 bridgehead atoms. The van der Waals surface area contributed by atoms with E-state index in [0.717, 1.165) is 37.6 Å². The summed E-state index contributed by atoms with van der Waals surface area (Å²) in [7, 11) is -3.01. The van der Waals surface area contributed by atoms with Gasteiger partial charge in [-0.3, -0.25) is 4.79 Å². The number of hydrogen-bond acceptors (Lipinski definition) is 5. The first-order valence-electron chi connectivity index (χ1n) is 8.86. The van der Waals surface area contributed by atoms with Gasteiger partial charge < -0.3 is 14.5 Å². The molecule has 2 fully saturated rings. The van der Waals surface area contributed by atoms with E-state index < -0.39 is 9.84 Å². The molecule has 7 heteroatoms. The summed E-state index contributed by atoms with van der Waals surface area (Å²) in [4.78, 5) is 16.9. The van der Waals surface area contributed by atoms with E-state index in [1.807, 2.05) is 32.0 Å². The van der Waals surface area contributed by atoms with Gasteiger partial charge in [0.15, 0.2) is 9.84 Å². The maximum absolute atomic E-state index is 12.9. The molecule has 0 spiro atoms. The Morgan fingerprint density at radius 3 is 2.60 bits per heavy atom. The van der Waals surface area contributed by atoms with Crippen molar-refractivity contribution in [3.8, 4) is 0 Å². The van der Waals surface area contributed by atoms with Crippen molar-refractivity contribution < 1.29 is 17.9 Å². The third-order valence-electron chi connectivity index (χ3n) is 5.05. The van der Waals surface area contributed by atoms with Crippen molar-refractivity contribution in [2.45, 2.75) is 26.3 Å². The number of morpholine rings is 1. The van der Waals surface area contributed by atoms with Gasteiger partial charge in [-0.2, -0.15) is 0 Å². The van der Waals surface area contributed by atoms with Crippen LogP contribution in [0, 0.1) is 6.92 Å². The Labute approximate surface area is 149 Å². The molecule has 2 saturated heterocycles. The zero-order chi connectivity index (χ0) is 18.0. The minimum absolute atomic E-state index is 0.0808. The van der Waals surface area contributed by atoms with Crippen LogP contribution in [0.25, 0.3) is 0 Å². The van der Waals surface area contributed by atoms with Crippen molar-refractivity contribution in [2.75, 3.05) is 49.3 Å². The zero-order valence-electron chi connectivity index (χ0n) is 14.9.